The fourth-order valence-corrected chi connectivity index (χ4v) is 3.45. The fraction of sp³-hybridized carbons (Fsp3) is 0.0435. The Hall–Kier alpha value is -3.67. The Labute approximate surface area is 163 Å². The Bertz CT molecular complexity index is 1390. The first-order valence-corrected chi connectivity index (χ1v) is 8.91. The van der Waals surface area contributed by atoms with Gasteiger partial charge in [-0.2, -0.15) is 0 Å². The van der Waals surface area contributed by atoms with Crippen LogP contribution in [-0.2, 0) is 0 Å². The Balaban J connectivity index is 1.70. The Morgan fingerprint density at radius 2 is 1.62 bits per heavy atom. The van der Waals surface area contributed by atoms with Gasteiger partial charge in [-0.1, -0.05) is 12.1 Å². The van der Waals surface area contributed by atoms with Gasteiger partial charge in [0.1, 0.15) is 5.58 Å². The molecule has 0 atom stereocenters. The number of hydrogen-bond acceptors (Lipinski definition) is 3. The first-order chi connectivity index (χ1) is 14.0. The van der Waals surface area contributed by atoms with Gasteiger partial charge in [-0.25, -0.2) is 18.2 Å². The number of pyridine rings is 2. The maximum atomic E-state index is 13.7. The summed E-state index contributed by atoms with van der Waals surface area (Å²) in [7, 11) is 0. The second-order valence-electron chi connectivity index (χ2n) is 6.77. The number of aromatic nitrogens is 2. The molecule has 0 aliphatic heterocycles. The van der Waals surface area contributed by atoms with Crippen LogP contribution in [0.25, 0.3) is 44.5 Å². The molecule has 0 radical (unpaired) electrons. The molecule has 0 fully saturated rings. The van der Waals surface area contributed by atoms with E-state index in [4.69, 9.17) is 4.42 Å². The lowest BCUT2D eigenvalue weighted by Crippen LogP contribution is -1.92. The standard InChI is InChI=1S/C23H13F3N2O/c1-12-5-6-16-15-3-2-4-17(22(15)29-23(16)28-12)20-11-13(7-8-27-20)14-9-18(24)21(26)19(25)10-14/h2-11H,1H3. The lowest BCUT2D eigenvalue weighted by Gasteiger charge is -2.07. The van der Waals surface area contributed by atoms with Crippen molar-refractivity contribution >= 4 is 22.1 Å². The van der Waals surface area contributed by atoms with Gasteiger partial charge in [0, 0.05) is 28.2 Å². The minimum absolute atomic E-state index is 0.221. The van der Waals surface area contributed by atoms with Crippen molar-refractivity contribution < 1.29 is 17.6 Å². The molecule has 3 heterocycles. The summed E-state index contributed by atoms with van der Waals surface area (Å²) in [6.07, 6.45) is 1.54. The fourth-order valence-electron chi connectivity index (χ4n) is 3.45. The van der Waals surface area contributed by atoms with Crippen molar-refractivity contribution in [1.29, 1.82) is 0 Å². The summed E-state index contributed by atoms with van der Waals surface area (Å²) in [5.41, 5.74) is 4.03. The summed E-state index contributed by atoms with van der Waals surface area (Å²) in [5, 5.41) is 1.79. The van der Waals surface area contributed by atoms with Crippen molar-refractivity contribution in [1.82, 2.24) is 9.97 Å². The van der Waals surface area contributed by atoms with Crippen molar-refractivity contribution in [2.24, 2.45) is 0 Å². The Morgan fingerprint density at radius 3 is 2.41 bits per heavy atom. The van der Waals surface area contributed by atoms with E-state index in [-0.39, 0.29) is 5.56 Å². The van der Waals surface area contributed by atoms with Crippen LogP contribution in [-0.4, -0.2) is 9.97 Å². The van der Waals surface area contributed by atoms with Crippen LogP contribution in [0.5, 0.6) is 0 Å². The molecule has 0 amide bonds. The summed E-state index contributed by atoms with van der Waals surface area (Å²) < 4.78 is 46.6. The quantitative estimate of drug-likeness (QED) is 0.326. The van der Waals surface area contributed by atoms with Crippen LogP contribution in [0.15, 0.2) is 65.2 Å². The van der Waals surface area contributed by atoms with E-state index in [9.17, 15) is 13.2 Å². The zero-order valence-corrected chi connectivity index (χ0v) is 15.2. The van der Waals surface area contributed by atoms with Gasteiger partial charge in [-0.05, 0) is 60.5 Å². The average Bonchev–Trinajstić information content (AvgIpc) is 3.09. The molecule has 5 aromatic rings. The van der Waals surface area contributed by atoms with Gasteiger partial charge in [-0.3, -0.25) is 4.98 Å². The van der Waals surface area contributed by atoms with Crippen LogP contribution in [0.2, 0.25) is 0 Å². The van der Waals surface area contributed by atoms with Crippen LogP contribution in [0.4, 0.5) is 13.2 Å². The Morgan fingerprint density at radius 1 is 0.828 bits per heavy atom. The number of furan rings is 1. The number of benzene rings is 2. The van der Waals surface area contributed by atoms with Gasteiger partial charge in [0.25, 0.3) is 0 Å². The van der Waals surface area contributed by atoms with Gasteiger partial charge >= 0.3 is 0 Å². The van der Waals surface area contributed by atoms with Crippen molar-refractivity contribution in [3.05, 3.63) is 83.9 Å². The molecule has 29 heavy (non-hydrogen) atoms. The normalized spacial score (nSPS) is 11.4. The third-order valence-electron chi connectivity index (χ3n) is 4.86. The molecule has 0 bridgehead atoms. The van der Waals surface area contributed by atoms with E-state index in [1.807, 2.05) is 37.3 Å². The molecule has 0 aliphatic carbocycles. The van der Waals surface area contributed by atoms with Gasteiger partial charge in [-0.15, -0.1) is 0 Å². The third-order valence-corrected chi connectivity index (χ3v) is 4.86. The highest BCUT2D eigenvalue weighted by Crippen LogP contribution is 2.35. The van der Waals surface area contributed by atoms with E-state index >= 15 is 0 Å². The number of nitrogens with zero attached hydrogens (tertiary/aromatic N) is 2. The molecule has 3 aromatic heterocycles. The second kappa shape index (κ2) is 6.44. The molecule has 0 saturated heterocycles. The summed E-state index contributed by atoms with van der Waals surface area (Å²) in [4.78, 5) is 8.83. The highest BCUT2D eigenvalue weighted by atomic mass is 19.2. The summed E-state index contributed by atoms with van der Waals surface area (Å²) >= 11 is 0. The number of rotatable bonds is 2. The predicted molar refractivity (Wildman–Crippen MR) is 105 cm³/mol. The van der Waals surface area contributed by atoms with E-state index in [0.717, 1.165) is 34.2 Å². The highest BCUT2D eigenvalue weighted by molar-refractivity contribution is 6.08. The van der Waals surface area contributed by atoms with E-state index in [0.29, 0.717) is 22.6 Å². The molecule has 6 heteroatoms. The number of halogens is 3. The second-order valence-corrected chi connectivity index (χ2v) is 6.77. The number of para-hydroxylation sites is 1. The largest absolute Gasteiger partial charge is 0.437 e. The lowest BCUT2D eigenvalue weighted by atomic mass is 10.0. The molecule has 0 saturated carbocycles. The van der Waals surface area contributed by atoms with Crippen LogP contribution in [0, 0.1) is 24.4 Å². The summed E-state index contributed by atoms with van der Waals surface area (Å²) in [6, 6.07) is 14.8. The summed E-state index contributed by atoms with van der Waals surface area (Å²) in [6.45, 7) is 1.89. The summed E-state index contributed by atoms with van der Waals surface area (Å²) in [5.74, 6) is -3.96. The zero-order chi connectivity index (χ0) is 20.1. The molecular formula is C23H13F3N2O. The van der Waals surface area contributed by atoms with Crippen LogP contribution in [0.3, 0.4) is 0 Å². The van der Waals surface area contributed by atoms with E-state index in [2.05, 4.69) is 9.97 Å². The maximum absolute atomic E-state index is 13.7. The first-order valence-electron chi connectivity index (χ1n) is 8.91. The van der Waals surface area contributed by atoms with Crippen molar-refractivity contribution in [3.8, 4) is 22.4 Å². The van der Waals surface area contributed by atoms with Crippen molar-refractivity contribution in [2.45, 2.75) is 6.92 Å². The molecule has 3 nitrogen and oxygen atoms in total. The van der Waals surface area contributed by atoms with E-state index < -0.39 is 17.5 Å². The SMILES string of the molecule is Cc1ccc2c(n1)oc1c(-c3cc(-c4cc(F)c(F)c(F)c4)ccn3)cccc12. The molecule has 0 aliphatic rings. The molecule has 0 N–H and O–H groups in total. The Kier molecular flexibility index (Phi) is 3.87. The average molecular weight is 390 g/mol. The van der Waals surface area contributed by atoms with Crippen LogP contribution < -0.4 is 0 Å². The molecule has 142 valence electrons. The number of fused-ring (bicyclic) bond motifs is 3. The van der Waals surface area contributed by atoms with E-state index in [1.54, 1.807) is 12.1 Å². The number of aryl methyl sites for hydroxylation is 1. The number of hydrogen-bond donors (Lipinski definition) is 0. The van der Waals surface area contributed by atoms with Crippen LogP contribution >= 0.6 is 0 Å². The third kappa shape index (κ3) is 2.84. The minimum Gasteiger partial charge on any atom is -0.437 e. The van der Waals surface area contributed by atoms with Gasteiger partial charge in [0.15, 0.2) is 17.5 Å². The molecular weight excluding hydrogens is 377 g/mol. The van der Waals surface area contributed by atoms with Crippen molar-refractivity contribution in [2.75, 3.05) is 0 Å². The maximum Gasteiger partial charge on any atom is 0.227 e. The van der Waals surface area contributed by atoms with Gasteiger partial charge in [0.05, 0.1) is 5.69 Å². The monoisotopic (exact) mass is 390 g/mol. The zero-order valence-electron chi connectivity index (χ0n) is 15.2. The lowest BCUT2D eigenvalue weighted by molar-refractivity contribution is 0.447. The molecule has 0 unspecified atom stereocenters. The smallest absolute Gasteiger partial charge is 0.227 e. The van der Waals surface area contributed by atoms with E-state index in [1.165, 1.54) is 6.20 Å². The molecule has 5 rings (SSSR count). The van der Waals surface area contributed by atoms with Gasteiger partial charge < -0.3 is 4.42 Å². The highest BCUT2D eigenvalue weighted by Gasteiger charge is 2.16. The predicted octanol–water partition coefficient (Wildman–Crippen LogP) is 6.44. The van der Waals surface area contributed by atoms with Gasteiger partial charge in [0.2, 0.25) is 5.71 Å². The minimum atomic E-state index is -1.49. The molecule has 0 spiro atoms. The topological polar surface area (TPSA) is 38.9 Å². The molecule has 2 aromatic carbocycles. The van der Waals surface area contributed by atoms with Crippen molar-refractivity contribution in [3.63, 3.8) is 0 Å². The van der Waals surface area contributed by atoms with Crippen LogP contribution in [0.1, 0.15) is 5.69 Å². The first kappa shape index (κ1) is 17.4.